The fraction of sp³-hybridized carbons (Fsp3) is 0.500. The van der Waals surface area contributed by atoms with E-state index in [1.165, 1.54) is 10.1 Å². The number of hydrogen-bond donors (Lipinski definition) is 1. The quantitative estimate of drug-likeness (QED) is 0.929. The van der Waals surface area contributed by atoms with Crippen molar-refractivity contribution in [3.63, 3.8) is 0 Å². The van der Waals surface area contributed by atoms with Crippen LogP contribution < -0.4 is 10.2 Å². The summed E-state index contributed by atoms with van der Waals surface area (Å²) in [5.74, 6) is 1.10. The van der Waals surface area contributed by atoms with Gasteiger partial charge >= 0.3 is 0 Å². The van der Waals surface area contributed by atoms with E-state index >= 15 is 0 Å². The minimum atomic E-state index is 0.367. The van der Waals surface area contributed by atoms with Gasteiger partial charge in [0, 0.05) is 29.4 Å². The van der Waals surface area contributed by atoms with Crippen molar-refractivity contribution in [3.05, 3.63) is 23.7 Å². The first kappa shape index (κ1) is 12.8. The lowest BCUT2D eigenvalue weighted by molar-refractivity contribution is 0.0937. The number of likely N-dealkylation sites (N-methyl/N-ethyl adjacent to an activating group) is 1. The van der Waals surface area contributed by atoms with Gasteiger partial charge in [0.05, 0.1) is 19.3 Å². The van der Waals surface area contributed by atoms with Crippen LogP contribution in [0.15, 0.2) is 23.7 Å². The lowest BCUT2D eigenvalue weighted by atomic mass is 10.2. The van der Waals surface area contributed by atoms with Crippen LogP contribution in [0.3, 0.4) is 0 Å². The van der Waals surface area contributed by atoms with Gasteiger partial charge in [-0.3, -0.25) is 0 Å². The summed E-state index contributed by atoms with van der Waals surface area (Å²) in [6.45, 7) is 6.53. The predicted molar refractivity (Wildman–Crippen MR) is 80.1 cm³/mol. The zero-order valence-electron chi connectivity index (χ0n) is 11.1. The van der Waals surface area contributed by atoms with E-state index in [9.17, 15) is 0 Å². The molecule has 19 heavy (non-hydrogen) atoms. The van der Waals surface area contributed by atoms with Gasteiger partial charge in [-0.15, -0.1) is 11.3 Å². The smallest absolute Gasteiger partial charge is 0.137 e. The maximum Gasteiger partial charge on any atom is 0.137 e. The molecule has 1 fully saturated rings. The van der Waals surface area contributed by atoms with Crippen molar-refractivity contribution >= 4 is 27.2 Å². The number of hydrogen-bond acceptors (Lipinski definition) is 5. The first-order valence-corrected chi connectivity index (χ1v) is 7.65. The maximum absolute atomic E-state index is 5.62. The number of morpholine rings is 1. The van der Waals surface area contributed by atoms with Crippen LogP contribution >= 0.6 is 11.3 Å². The summed E-state index contributed by atoms with van der Waals surface area (Å²) < 4.78 is 6.92. The van der Waals surface area contributed by atoms with Crippen molar-refractivity contribution in [2.75, 3.05) is 37.7 Å². The number of aromatic nitrogens is 1. The number of nitrogens with one attached hydrogen (secondary N) is 1. The summed E-state index contributed by atoms with van der Waals surface area (Å²) in [5, 5.41) is 6.81. The summed E-state index contributed by atoms with van der Waals surface area (Å²) in [4.78, 5) is 7.00. The Morgan fingerprint density at radius 1 is 1.53 bits per heavy atom. The first-order valence-electron chi connectivity index (χ1n) is 6.77. The largest absolute Gasteiger partial charge is 0.377 e. The van der Waals surface area contributed by atoms with Gasteiger partial charge in [0.15, 0.2) is 0 Å². The Kier molecular flexibility index (Phi) is 3.96. The van der Waals surface area contributed by atoms with Gasteiger partial charge in [-0.2, -0.15) is 0 Å². The number of ether oxygens (including phenoxy) is 1. The molecule has 0 bridgehead atoms. The number of nitrogens with zero attached hydrogens (tertiary/aromatic N) is 2. The second kappa shape index (κ2) is 5.86. The van der Waals surface area contributed by atoms with E-state index < -0.39 is 0 Å². The summed E-state index contributed by atoms with van der Waals surface area (Å²) in [7, 11) is 0. The molecule has 0 radical (unpaired) electrons. The standard InChI is InChI=1S/C14H19N3OS/c1-2-15-9-11-10-18-7-6-17(11)14-12-4-8-19-13(12)3-5-16-14/h3-5,8,11,15H,2,6-7,9-10H2,1H3. The second-order valence-corrected chi connectivity index (χ2v) is 5.64. The third-order valence-corrected chi connectivity index (χ3v) is 4.37. The van der Waals surface area contributed by atoms with Crippen LogP contribution in [0.1, 0.15) is 6.92 Å². The molecule has 1 atom stereocenters. The van der Waals surface area contributed by atoms with E-state index in [1.807, 2.05) is 6.20 Å². The Morgan fingerprint density at radius 3 is 3.37 bits per heavy atom. The van der Waals surface area contributed by atoms with Crippen LogP contribution in [-0.4, -0.2) is 43.9 Å². The maximum atomic E-state index is 5.62. The molecule has 1 aliphatic rings. The summed E-state index contributed by atoms with van der Waals surface area (Å²) in [6.07, 6.45) is 1.91. The van der Waals surface area contributed by atoms with Crippen molar-refractivity contribution in [1.82, 2.24) is 10.3 Å². The Bertz CT molecular complexity index is 542. The third kappa shape index (κ3) is 2.59. The van der Waals surface area contributed by atoms with Gasteiger partial charge < -0.3 is 15.0 Å². The normalized spacial score (nSPS) is 20.1. The second-order valence-electron chi connectivity index (χ2n) is 4.70. The first-order chi connectivity index (χ1) is 9.40. The molecule has 1 unspecified atom stereocenters. The van der Waals surface area contributed by atoms with Crippen LogP contribution in [0.5, 0.6) is 0 Å². The highest BCUT2D eigenvalue weighted by Crippen LogP contribution is 2.30. The van der Waals surface area contributed by atoms with Crippen LogP contribution in [-0.2, 0) is 4.74 Å². The van der Waals surface area contributed by atoms with Crippen molar-refractivity contribution in [2.24, 2.45) is 0 Å². The molecule has 0 spiro atoms. The zero-order valence-corrected chi connectivity index (χ0v) is 11.9. The van der Waals surface area contributed by atoms with Gasteiger partial charge in [-0.05, 0) is 24.1 Å². The summed E-state index contributed by atoms with van der Waals surface area (Å²) in [6, 6.07) is 4.62. The van der Waals surface area contributed by atoms with Gasteiger partial charge in [0.1, 0.15) is 5.82 Å². The minimum Gasteiger partial charge on any atom is -0.377 e. The average molecular weight is 277 g/mol. The number of fused-ring (bicyclic) bond motifs is 1. The van der Waals surface area contributed by atoms with Crippen molar-refractivity contribution < 1.29 is 4.74 Å². The van der Waals surface area contributed by atoms with Crippen molar-refractivity contribution in [2.45, 2.75) is 13.0 Å². The van der Waals surface area contributed by atoms with Gasteiger partial charge in [-0.25, -0.2) is 4.98 Å². The number of anilines is 1. The minimum absolute atomic E-state index is 0.367. The molecule has 1 saturated heterocycles. The summed E-state index contributed by atoms with van der Waals surface area (Å²) in [5.41, 5.74) is 0. The number of rotatable bonds is 4. The van der Waals surface area contributed by atoms with E-state index in [4.69, 9.17) is 4.74 Å². The van der Waals surface area contributed by atoms with Crippen molar-refractivity contribution in [3.8, 4) is 0 Å². The fourth-order valence-electron chi connectivity index (χ4n) is 2.52. The van der Waals surface area contributed by atoms with E-state index in [1.54, 1.807) is 11.3 Å². The highest BCUT2D eigenvalue weighted by Gasteiger charge is 2.25. The molecule has 3 rings (SSSR count). The predicted octanol–water partition coefficient (Wildman–Crippen LogP) is 2.11. The SMILES string of the molecule is CCNCC1COCCN1c1nccc2sccc12. The number of pyridine rings is 1. The van der Waals surface area contributed by atoms with Gasteiger partial charge in [0.25, 0.3) is 0 Å². The Labute approximate surface area is 117 Å². The molecule has 3 heterocycles. The lowest BCUT2D eigenvalue weighted by Gasteiger charge is -2.37. The number of thiophene rings is 1. The molecule has 1 N–H and O–H groups in total. The molecule has 2 aromatic heterocycles. The van der Waals surface area contributed by atoms with Gasteiger partial charge in [0.2, 0.25) is 0 Å². The molecule has 1 aliphatic heterocycles. The average Bonchev–Trinajstić information content (AvgIpc) is 2.94. The molecule has 0 saturated carbocycles. The van der Waals surface area contributed by atoms with Gasteiger partial charge in [-0.1, -0.05) is 6.92 Å². The molecule has 0 aromatic carbocycles. The third-order valence-electron chi connectivity index (χ3n) is 3.49. The Balaban J connectivity index is 1.91. The monoisotopic (exact) mass is 277 g/mol. The van der Waals surface area contributed by atoms with E-state index in [2.05, 4.69) is 39.6 Å². The molecule has 0 amide bonds. The summed E-state index contributed by atoms with van der Waals surface area (Å²) >= 11 is 1.77. The molecule has 2 aromatic rings. The lowest BCUT2D eigenvalue weighted by Crippen LogP contribution is -2.51. The zero-order chi connectivity index (χ0) is 13.1. The van der Waals surface area contributed by atoms with Crippen LogP contribution in [0.4, 0.5) is 5.82 Å². The van der Waals surface area contributed by atoms with Crippen molar-refractivity contribution in [1.29, 1.82) is 0 Å². The Hall–Kier alpha value is -1.17. The van der Waals surface area contributed by atoms with E-state index in [0.29, 0.717) is 6.04 Å². The van der Waals surface area contributed by atoms with E-state index in [-0.39, 0.29) is 0 Å². The van der Waals surface area contributed by atoms with E-state index in [0.717, 1.165) is 38.7 Å². The highest BCUT2D eigenvalue weighted by molar-refractivity contribution is 7.17. The molecular formula is C14H19N3OS. The molecule has 4 nitrogen and oxygen atoms in total. The highest BCUT2D eigenvalue weighted by atomic mass is 32.1. The van der Waals surface area contributed by atoms with Crippen LogP contribution in [0, 0.1) is 0 Å². The molecular weight excluding hydrogens is 258 g/mol. The topological polar surface area (TPSA) is 37.4 Å². The Morgan fingerprint density at radius 2 is 2.47 bits per heavy atom. The van der Waals surface area contributed by atoms with Crippen LogP contribution in [0.2, 0.25) is 0 Å². The van der Waals surface area contributed by atoms with Crippen LogP contribution in [0.25, 0.3) is 10.1 Å². The molecule has 0 aliphatic carbocycles. The molecule has 5 heteroatoms. The fourth-order valence-corrected chi connectivity index (χ4v) is 3.30. The molecule has 102 valence electrons.